The van der Waals surface area contributed by atoms with Crippen LogP contribution in [-0.2, 0) is 0 Å². The maximum atomic E-state index is 8.49. The summed E-state index contributed by atoms with van der Waals surface area (Å²) in [6.45, 7) is 3.92. The van der Waals surface area contributed by atoms with Crippen molar-refractivity contribution < 1.29 is 38.0 Å². The number of benzene rings is 1. The van der Waals surface area contributed by atoms with E-state index in [9.17, 15) is 0 Å². The van der Waals surface area contributed by atoms with Gasteiger partial charge in [-0.1, -0.05) is 30.3 Å². The fourth-order valence-electron chi connectivity index (χ4n) is 1.99. The van der Waals surface area contributed by atoms with Gasteiger partial charge in [0.15, 0.2) is 17.1 Å². The summed E-state index contributed by atoms with van der Waals surface area (Å²) < 4.78 is 41.4. The topological polar surface area (TPSA) is 122 Å². The molecule has 0 radical (unpaired) electrons. The zero-order valence-electron chi connectivity index (χ0n) is 11.9. The van der Waals surface area contributed by atoms with Gasteiger partial charge < -0.3 is 4.52 Å². The van der Waals surface area contributed by atoms with Gasteiger partial charge in [0.2, 0.25) is 0 Å². The minimum absolute atomic E-state index is 0.848. The van der Waals surface area contributed by atoms with Gasteiger partial charge in [0.1, 0.15) is 0 Å². The van der Waals surface area contributed by atoms with E-state index in [4.69, 9.17) is 23.2 Å². The van der Waals surface area contributed by atoms with Gasteiger partial charge in [-0.05, 0) is 16.5 Å². The van der Waals surface area contributed by atoms with E-state index in [1.54, 1.807) is 4.57 Å². The molecule has 2 heterocycles. The van der Waals surface area contributed by atoms with Crippen LogP contribution in [0.4, 0.5) is 0 Å². The Morgan fingerprint density at radius 2 is 1.59 bits per heavy atom. The molecule has 0 saturated heterocycles. The van der Waals surface area contributed by atoms with Gasteiger partial charge >= 0.3 is 5.65 Å². The monoisotopic (exact) mass is 324 g/mol. The molecule has 22 heavy (non-hydrogen) atoms. The third-order valence-electron chi connectivity index (χ3n) is 2.70. The molecule has 0 unspecified atom stereocenters. The van der Waals surface area contributed by atoms with Crippen LogP contribution < -0.4 is 23.2 Å². The van der Waals surface area contributed by atoms with Crippen molar-refractivity contribution in [2.75, 3.05) is 0 Å². The van der Waals surface area contributed by atoms with Gasteiger partial charge in [0, 0.05) is 18.6 Å². The van der Waals surface area contributed by atoms with E-state index < -0.39 is 10.2 Å². The van der Waals surface area contributed by atoms with Crippen molar-refractivity contribution in [1.82, 2.24) is 4.98 Å². The molecular weight excluding hydrogens is 312 g/mol. The number of nitrogens with zero attached hydrogens (tertiary/aromatic N) is 2. The molecule has 0 amide bonds. The zero-order chi connectivity index (χ0) is 16.3. The highest BCUT2D eigenvalue weighted by molar-refractivity contribution is 5.57. The van der Waals surface area contributed by atoms with E-state index in [-0.39, 0.29) is 0 Å². The SMILES string of the molecule is Cc1cc(-c2ccccc2)[n+]2oc(C)cc2n1.[O-][Cl+3]([O-])([O-])[O-]. The van der Waals surface area contributed by atoms with Crippen molar-refractivity contribution in [1.29, 1.82) is 0 Å². The van der Waals surface area contributed by atoms with Gasteiger partial charge in [-0.3, -0.25) is 0 Å². The summed E-state index contributed by atoms with van der Waals surface area (Å²) in [6, 6.07) is 14.2. The van der Waals surface area contributed by atoms with Gasteiger partial charge in [-0.25, -0.2) is 18.6 Å². The lowest BCUT2D eigenvalue weighted by Gasteiger charge is -2.17. The average Bonchev–Trinajstić information content (AvgIpc) is 2.77. The van der Waals surface area contributed by atoms with Crippen molar-refractivity contribution >= 4 is 5.65 Å². The van der Waals surface area contributed by atoms with Crippen LogP contribution in [0.25, 0.3) is 16.9 Å². The molecule has 0 aliphatic carbocycles. The Labute approximate surface area is 128 Å². The number of aromatic nitrogens is 2. The van der Waals surface area contributed by atoms with Crippen LogP contribution in [0.3, 0.4) is 0 Å². The molecule has 116 valence electrons. The highest BCUT2D eigenvalue weighted by atomic mass is 35.7. The molecule has 7 nitrogen and oxygen atoms in total. The van der Waals surface area contributed by atoms with Crippen LogP contribution in [0, 0.1) is 24.1 Å². The normalized spacial score (nSPS) is 11.2. The fraction of sp³-hybridized carbons (Fsp3) is 0.143. The van der Waals surface area contributed by atoms with Crippen molar-refractivity contribution in [2.24, 2.45) is 0 Å². The summed E-state index contributed by atoms with van der Waals surface area (Å²) in [6.07, 6.45) is 0. The Kier molecular flexibility index (Phi) is 4.74. The molecule has 0 fully saturated rings. The summed E-state index contributed by atoms with van der Waals surface area (Å²) in [5, 5.41) is 0. The first-order valence-corrected chi connectivity index (χ1v) is 7.45. The number of rotatable bonds is 1. The molecule has 3 aromatic rings. The van der Waals surface area contributed by atoms with Crippen molar-refractivity contribution in [3.05, 3.63) is 53.9 Å². The van der Waals surface area contributed by atoms with Crippen molar-refractivity contribution in [3.8, 4) is 11.3 Å². The summed E-state index contributed by atoms with van der Waals surface area (Å²) in [5.41, 5.74) is 3.99. The largest absolute Gasteiger partial charge is 0.366 e. The molecule has 3 rings (SSSR count). The maximum Gasteiger partial charge on any atom is 0.366 e. The minimum Gasteiger partial charge on any atom is -0.300 e. The van der Waals surface area contributed by atoms with Crippen LogP contribution in [0.2, 0.25) is 0 Å². The second-order valence-electron chi connectivity index (χ2n) is 4.53. The first-order valence-electron chi connectivity index (χ1n) is 6.21. The smallest absolute Gasteiger partial charge is 0.300 e. The van der Waals surface area contributed by atoms with Crippen LogP contribution in [0.15, 0.2) is 47.0 Å². The Hall–Kier alpha value is -2.03. The summed E-state index contributed by atoms with van der Waals surface area (Å²) in [4.78, 5) is 4.45. The quantitative estimate of drug-likeness (QED) is 0.474. The van der Waals surface area contributed by atoms with Crippen molar-refractivity contribution in [2.45, 2.75) is 13.8 Å². The van der Waals surface area contributed by atoms with E-state index in [1.807, 2.05) is 44.2 Å². The number of hydrogen-bond acceptors (Lipinski definition) is 6. The minimum atomic E-state index is -4.94. The molecule has 0 aliphatic heterocycles. The number of hydrogen-bond donors (Lipinski definition) is 0. The highest BCUT2D eigenvalue weighted by Crippen LogP contribution is 2.17. The molecule has 0 N–H and O–H groups in total. The predicted molar refractivity (Wildman–Crippen MR) is 64.6 cm³/mol. The third-order valence-corrected chi connectivity index (χ3v) is 2.70. The lowest BCUT2D eigenvalue weighted by molar-refractivity contribution is -2.00. The van der Waals surface area contributed by atoms with E-state index in [2.05, 4.69) is 17.1 Å². The maximum absolute atomic E-state index is 8.49. The zero-order valence-corrected chi connectivity index (χ0v) is 12.6. The van der Waals surface area contributed by atoms with Crippen LogP contribution in [0.1, 0.15) is 11.5 Å². The third kappa shape index (κ3) is 4.48. The first-order chi connectivity index (χ1) is 10.2. The molecule has 0 spiro atoms. The number of fused-ring (bicyclic) bond motifs is 1. The van der Waals surface area contributed by atoms with Crippen LogP contribution in [0.5, 0.6) is 0 Å². The standard InChI is InChI=1S/C14H13N2O.ClHO4/c1-10-8-13(12-6-4-3-5-7-12)16-14(15-10)9-11(2)17-16;2-1(3,4)5/h3-9H,1-2H3;(H,2,3,4,5)/q+1;/p-1. The molecule has 0 atom stereocenters. The highest BCUT2D eigenvalue weighted by Gasteiger charge is 2.17. The summed E-state index contributed by atoms with van der Waals surface area (Å²) in [5.74, 6) is 0.861. The van der Waals surface area contributed by atoms with Gasteiger partial charge in [0.25, 0.3) is 0 Å². The summed E-state index contributed by atoms with van der Waals surface area (Å²) >= 11 is 0. The van der Waals surface area contributed by atoms with Gasteiger partial charge in [-0.2, -0.15) is 0 Å². The Morgan fingerprint density at radius 3 is 2.18 bits per heavy atom. The molecule has 0 saturated carbocycles. The molecular formula is C14H13ClN2O5. The molecule has 0 aliphatic rings. The van der Waals surface area contributed by atoms with E-state index in [0.29, 0.717) is 0 Å². The first kappa shape index (κ1) is 16.3. The number of aryl methyl sites for hydroxylation is 2. The molecule has 1 aromatic carbocycles. The van der Waals surface area contributed by atoms with Crippen LogP contribution in [-0.4, -0.2) is 4.98 Å². The average molecular weight is 325 g/mol. The van der Waals surface area contributed by atoms with E-state index in [0.717, 1.165) is 28.4 Å². The van der Waals surface area contributed by atoms with E-state index >= 15 is 0 Å². The van der Waals surface area contributed by atoms with Crippen molar-refractivity contribution in [3.63, 3.8) is 0 Å². The van der Waals surface area contributed by atoms with Gasteiger partial charge in [0.05, 0.1) is 6.07 Å². The van der Waals surface area contributed by atoms with Gasteiger partial charge in [-0.15, -0.1) is 10.2 Å². The van der Waals surface area contributed by atoms with E-state index in [1.165, 1.54) is 0 Å². The second-order valence-corrected chi connectivity index (χ2v) is 5.28. The fourth-order valence-corrected chi connectivity index (χ4v) is 1.99. The van der Waals surface area contributed by atoms with Crippen LogP contribution >= 0.6 is 0 Å². The Balaban J connectivity index is 0.000000309. The Morgan fingerprint density at radius 1 is 1.00 bits per heavy atom. The molecule has 2 aromatic heterocycles. The second kappa shape index (κ2) is 6.39. The lowest BCUT2D eigenvalue weighted by Crippen LogP contribution is -2.68. The molecule has 0 bridgehead atoms. The summed E-state index contributed by atoms with van der Waals surface area (Å²) in [7, 11) is -4.94. The number of halogens is 1. The molecule has 8 heteroatoms. The predicted octanol–water partition coefficient (Wildman–Crippen LogP) is -2.06. The lowest BCUT2D eigenvalue weighted by atomic mass is 10.1. The Bertz CT molecular complexity index is 762.